The third-order valence-electron chi connectivity index (χ3n) is 6.30. The average molecular weight is 516 g/mol. The zero-order chi connectivity index (χ0) is 27.1. The Morgan fingerprint density at radius 2 is 1.73 bits per heavy atom. The van der Waals surface area contributed by atoms with Crippen LogP contribution in [0.4, 0.5) is 4.79 Å². The molecular weight excluding hydrogens is 470 g/mol. The second-order valence-electron chi connectivity index (χ2n) is 11.7. The molecule has 9 heteroatoms. The summed E-state index contributed by atoms with van der Waals surface area (Å²) in [6.07, 6.45) is 4.51. The largest absolute Gasteiger partial charge is 0.497 e. The first-order valence-electron chi connectivity index (χ1n) is 13.4. The molecule has 0 saturated carbocycles. The van der Waals surface area contributed by atoms with Gasteiger partial charge in [0.25, 0.3) is 0 Å². The first kappa shape index (κ1) is 28.8. The quantitative estimate of drug-likeness (QED) is 0.430. The van der Waals surface area contributed by atoms with Crippen LogP contribution in [0.5, 0.6) is 11.5 Å². The fourth-order valence-electron chi connectivity index (χ4n) is 4.28. The summed E-state index contributed by atoms with van der Waals surface area (Å²) in [6, 6.07) is 5.99. The minimum absolute atomic E-state index is 0.0295. The minimum Gasteiger partial charge on any atom is -0.497 e. The zero-order valence-electron chi connectivity index (χ0n) is 23.7. The van der Waals surface area contributed by atoms with Crippen LogP contribution in [-0.4, -0.2) is 82.9 Å². The first-order chi connectivity index (χ1) is 17.4. The Labute approximate surface area is 222 Å². The third kappa shape index (κ3) is 9.22. The van der Waals surface area contributed by atoms with Crippen LogP contribution in [0.2, 0.25) is 0 Å². The van der Waals surface area contributed by atoms with Gasteiger partial charge in [-0.1, -0.05) is 26.0 Å². The maximum absolute atomic E-state index is 12.2. The van der Waals surface area contributed by atoms with E-state index in [0.29, 0.717) is 19.7 Å². The highest BCUT2D eigenvalue weighted by Gasteiger charge is 2.25. The Morgan fingerprint density at radius 1 is 1.00 bits per heavy atom. The van der Waals surface area contributed by atoms with Gasteiger partial charge < -0.3 is 19.1 Å². The number of nitrogens with zero attached hydrogens (tertiary/aromatic N) is 5. The summed E-state index contributed by atoms with van der Waals surface area (Å²) in [5.41, 5.74) is 1.65. The van der Waals surface area contributed by atoms with Crippen LogP contribution in [-0.2, 0) is 23.1 Å². The SMILES string of the molecule is COc1ccc(OCCCc2cn(CCCN3CCN(C(=O)OC(C)(C)C)CC3)nn2)c(C(C)(C)C)c1. The van der Waals surface area contributed by atoms with Gasteiger partial charge in [-0.3, -0.25) is 9.58 Å². The number of aryl methyl sites for hydroxylation is 2. The van der Waals surface area contributed by atoms with Gasteiger partial charge in [-0.05, 0) is 63.6 Å². The van der Waals surface area contributed by atoms with E-state index >= 15 is 0 Å². The molecule has 0 spiro atoms. The number of benzene rings is 1. The summed E-state index contributed by atoms with van der Waals surface area (Å²) in [5, 5.41) is 8.63. The molecule has 9 nitrogen and oxygen atoms in total. The monoisotopic (exact) mass is 515 g/mol. The van der Waals surface area contributed by atoms with Crippen molar-refractivity contribution in [2.24, 2.45) is 0 Å². The number of hydrogen-bond acceptors (Lipinski definition) is 7. The molecular formula is C28H45N5O4. The summed E-state index contributed by atoms with van der Waals surface area (Å²) >= 11 is 0. The number of methoxy groups -OCH3 is 1. The van der Waals surface area contributed by atoms with Crippen molar-refractivity contribution in [1.29, 1.82) is 0 Å². The van der Waals surface area contributed by atoms with Crippen molar-refractivity contribution in [2.75, 3.05) is 46.4 Å². The van der Waals surface area contributed by atoms with E-state index in [1.807, 2.05) is 43.8 Å². The second kappa shape index (κ2) is 12.6. The molecule has 37 heavy (non-hydrogen) atoms. The maximum atomic E-state index is 12.2. The van der Waals surface area contributed by atoms with E-state index in [1.54, 1.807) is 12.0 Å². The number of ether oxygens (including phenoxy) is 3. The molecule has 1 aromatic carbocycles. The smallest absolute Gasteiger partial charge is 0.410 e. The molecule has 0 N–H and O–H groups in total. The van der Waals surface area contributed by atoms with Gasteiger partial charge in [-0.25, -0.2) is 4.79 Å². The molecule has 0 unspecified atom stereocenters. The van der Waals surface area contributed by atoms with Crippen LogP contribution in [0.1, 0.15) is 65.6 Å². The predicted octanol–water partition coefficient (Wildman–Crippen LogP) is 4.54. The van der Waals surface area contributed by atoms with E-state index < -0.39 is 5.60 Å². The Kier molecular flexibility index (Phi) is 9.81. The van der Waals surface area contributed by atoms with E-state index in [4.69, 9.17) is 14.2 Å². The van der Waals surface area contributed by atoms with Gasteiger partial charge in [-0.2, -0.15) is 0 Å². The van der Waals surface area contributed by atoms with Gasteiger partial charge >= 0.3 is 6.09 Å². The zero-order valence-corrected chi connectivity index (χ0v) is 23.7. The summed E-state index contributed by atoms with van der Waals surface area (Å²) in [4.78, 5) is 16.4. The summed E-state index contributed by atoms with van der Waals surface area (Å²) < 4.78 is 18.9. The van der Waals surface area contributed by atoms with Crippen molar-refractivity contribution in [1.82, 2.24) is 24.8 Å². The third-order valence-corrected chi connectivity index (χ3v) is 6.30. The molecule has 1 aliphatic rings. The standard InChI is InChI=1S/C28H45N5O4/c1-27(2,3)24-20-23(35-7)11-12-25(24)36-19-8-10-22-21-33(30-29-22)14-9-13-31-15-17-32(18-16-31)26(34)37-28(4,5)6/h11-12,20-21H,8-10,13-19H2,1-7H3. The summed E-state index contributed by atoms with van der Waals surface area (Å²) in [6.45, 7) is 17.8. The van der Waals surface area contributed by atoms with Crippen molar-refractivity contribution in [2.45, 2.75) is 78.4 Å². The molecule has 1 saturated heterocycles. The lowest BCUT2D eigenvalue weighted by Crippen LogP contribution is -2.50. The van der Waals surface area contributed by atoms with Crippen LogP contribution in [0.15, 0.2) is 24.4 Å². The number of carbonyl (C=O) groups is 1. The van der Waals surface area contributed by atoms with Gasteiger partial charge in [0, 0.05) is 51.0 Å². The Balaban J connectivity index is 1.35. The highest BCUT2D eigenvalue weighted by Crippen LogP contribution is 2.34. The van der Waals surface area contributed by atoms with E-state index in [1.165, 1.54) is 0 Å². The van der Waals surface area contributed by atoms with Crippen LogP contribution >= 0.6 is 0 Å². The topological polar surface area (TPSA) is 82.0 Å². The number of hydrogen-bond donors (Lipinski definition) is 0. The molecule has 0 atom stereocenters. The van der Waals surface area contributed by atoms with Crippen LogP contribution < -0.4 is 9.47 Å². The number of aromatic nitrogens is 3. The van der Waals surface area contributed by atoms with Gasteiger partial charge in [0.15, 0.2) is 0 Å². The predicted molar refractivity (Wildman–Crippen MR) is 144 cm³/mol. The van der Waals surface area contributed by atoms with Gasteiger partial charge in [0.05, 0.1) is 19.4 Å². The first-order valence-corrected chi connectivity index (χ1v) is 13.4. The van der Waals surface area contributed by atoms with Crippen molar-refractivity contribution in [3.63, 3.8) is 0 Å². The van der Waals surface area contributed by atoms with E-state index in [-0.39, 0.29) is 11.5 Å². The number of carbonyl (C=O) groups excluding carboxylic acids is 1. The van der Waals surface area contributed by atoms with E-state index in [0.717, 1.165) is 68.2 Å². The minimum atomic E-state index is -0.454. The average Bonchev–Trinajstić information content (AvgIpc) is 3.28. The Morgan fingerprint density at radius 3 is 2.38 bits per heavy atom. The summed E-state index contributed by atoms with van der Waals surface area (Å²) in [5.74, 6) is 1.75. The van der Waals surface area contributed by atoms with Crippen molar-refractivity contribution in [3.8, 4) is 11.5 Å². The lowest BCUT2D eigenvalue weighted by molar-refractivity contribution is 0.0143. The highest BCUT2D eigenvalue weighted by molar-refractivity contribution is 5.68. The Hall–Kier alpha value is -2.81. The molecule has 3 rings (SSSR count). The molecule has 0 radical (unpaired) electrons. The van der Waals surface area contributed by atoms with E-state index in [9.17, 15) is 4.79 Å². The Bertz CT molecular complexity index is 1000. The van der Waals surface area contributed by atoms with Gasteiger partial charge in [0.1, 0.15) is 17.1 Å². The van der Waals surface area contributed by atoms with E-state index in [2.05, 4.69) is 42.0 Å². The fourth-order valence-corrected chi connectivity index (χ4v) is 4.28. The van der Waals surface area contributed by atoms with Crippen molar-refractivity contribution < 1.29 is 19.0 Å². The number of rotatable bonds is 10. The highest BCUT2D eigenvalue weighted by atomic mass is 16.6. The van der Waals surface area contributed by atoms with Crippen LogP contribution in [0, 0.1) is 0 Å². The molecule has 1 amide bonds. The molecule has 0 aliphatic carbocycles. The van der Waals surface area contributed by atoms with Gasteiger partial charge in [-0.15, -0.1) is 5.10 Å². The summed E-state index contributed by atoms with van der Waals surface area (Å²) in [7, 11) is 1.69. The molecule has 1 aliphatic heterocycles. The second-order valence-corrected chi connectivity index (χ2v) is 11.7. The molecule has 2 heterocycles. The number of amides is 1. The normalized spacial score (nSPS) is 15.1. The van der Waals surface area contributed by atoms with Crippen LogP contribution in [0.25, 0.3) is 0 Å². The molecule has 206 valence electrons. The fraction of sp³-hybridized carbons (Fsp3) is 0.679. The molecule has 1 fully saturated rings. The van der Waals surface area contributed by atoms with Crippen molar-refractivity contribution in [3.05, 3.63) is 35.7 Å². The maximum Gasteiger partial charge on any atom is 0.410 e. The molecule has 0 bridgehead atoms. The van der Waals surface area contributed by atoms with Gasteiger partial charge in [0.2, 0.25) is 0 Å². The molecule has 1 aromatic heterocycles. The lowest BCUT2D eigenvalue weighted by atomic mass is 9.86. The number of piperazine rings is 1. The molecule has 2 aromatic rings. The lowest BCUT2D eigenvalue weighted by Gasteiger charge is -2.35. The van der Waals surface area contributed by atoms with Crippen LogP contribution in [0.3, 0.4) is 0 Å². The van der Waals surface area contributed by atoms with Crippen molar-refractivity contribution >= 4 is 6.09 Å².